The Hall–Kier alpha value is -0.760. The van der Waals surface area contributed by atoms with Crippen molar-refractivity contribution in [2.24, 2.45) is 0 Å². The normalized spacial score (nSPS) is 13.9. The van der Waals surface area contributed by atoms with Crippen molar-refractivity contribution in [1.82, 2.24) is 0 Å². The number of ketones is 1. The van der Waals surface area contributed by atoms with Crippen LogP contribution in [0, 0.1) is 0 Å². The van der Waals surface area contributed by atoms with Gasteiger partial charge in [-0.05, 0) is 48.7 Å². The number of benzene rings is 1. The molecule has 0 fully saturated rings. The molecule has 0 unspecified atom stereocenters. The van der Waals surface area contributed by atoms with Gasteiger partial charge < -0.3 is 4.79 Å². The van der Waals surface area contributed by atoms with E-state index in [0.717, 1.165) is 12.8 Å². The Morgan fingerprint density at radius 1 is 1.11 bits per heavy atom. The largest absolute Gasteiger partial charge is 0.300 e. The van der Waals surface area contributed by atoms with Crippen molar-refractivity contribution >= 4 is 14.9 Å². The lowest BCUT2D eigenvalue weighted by molar-refractivity contribution is -0.117. The molecule has 2 heteroatoms. The van der Waals surface area contributed by atoms with Gasteiger partial charge in [0.15, 0.2) is 0 Å². The van der Waals surface area contributed by atoms with Gasteiger partial charge in [0, 0.05) is 6.42 Å². The maximum atomic E-state index is 11.0. The predicted molar refractivity (Wildman–Crippen MR) is 85.5 cm³/mol. The fourth-order valence-electron chi connectivity index (χ4n) is 2.40. The summed E-state index contributed by atoms with van der Waals surface area (Å²) in [6.07, 6.45) is 7.92. The lowest BCUT2D eigenvalue weighted by atomic mass is 10.2. The molecule has 0 radical (unpaired) electrons. The molecule has 0 N–H and O–H groups in total. The molecule has 0 amide bonds. The summed E-state index contributed by atoms with van der Waals surface area (Å²) in [5, 5.41) is 0. The van der Waals surface area contributed by atoms with E-state index < -0.39 is 9.16 Å². The Morgan fingerprint density at radius 2 is 1.72 bits per heavy atom. The van der Waals surface area contributed by atoms with E-state index in [2.05, 4.69) is 49.8 Å². The van der Waals surface area contributed by atoms with E-state index in [1.165, 1.54) is 22.8 Å². The lowest BCUT2D eigenvalue weighted by Crippen LogP contribution is -2.22. The molecule has 1 rings (SSSR count). The van der Waals surface area contributed by atoms with Crippen LogP contribution in [0.15, 0.2) is 35.2 Å². The second kappa shape index (κ2) is 5.92. The van der Waals surface area contributed by atoms with Crippen LogP contribution >= 0.6 is 9.16 Å². The Kier molecular flexibility index (Phi) is 5.03. The summed E-state index contributed by atoms with van der Waals surface area (Å²) in [6, 6.07) is 11.0. The maximum absolute atomic E-state index is 11.0. The molecule has 0 spiro atoms. The van der Waals surface area contributed by atoms with Crippen LogP contribution in [0.25, 0.3) is 0 Å². The van der Waals surface area contributed by atoms with E-state index in [1.54, 1.807) is 6.92 Å². The zero-order valence-electron chi connectivity index (χ0n) is 12.3. The molecule has 0 aliphatic heterocycles. The Labute approximate surface area is 112 Å². The Morgan fingerprint density at radius 3 is 2.22 bits per heavy atom. The van der Waals surface area contributed by atoms with Gasteiger partial charge in [0.05, 0.1) is 0 Å². The minimum atomic E-state index is -1.76. The molecule has 0 saturated carbocycles. The third-order valence-electron chi connectivity index (χ3n) is 4.31. The number of thiol groups is 1. The molecule has 0 atom stereocenters. The molecule has 1 aromatic rings. The topological polar surface area (TPSA) is 17.1 Å². The molecular formula is C16H28OS. The van der Waals surface area contributed by atoms with Crippen LogP contribution in [0.5, 0.6) is 0 Å². The van der Waals surface area contributed by atoms with Gasteiger partial charge in [0.1, 0.15) is 5.78 Å². The van der Waals surface area contributed by atoms with Crippen LogP contribution in [0.4, 0.5) is 0 Å². The van der Waals surface area contributed by atoms with Crippen molar-refractivity contribution in [1.29, 1.82) is 0 Å². The molecule has 1 nitrogen and oxygen atoms in total. The standard InChI is InChI=1S/C16H28OS/c1-5-18(3,4,14-10-9-11-15(2)17)16-12-7-6-8-13-16/h6-8,12-13,18H,5,9-11,14H2,1-4H3. The van der Waals surface area contributed by atoms with Crippen LogP contribution in [0.2, 0.25) is 0 Å². The van der Waals surface area contributed by atoms with Crippen LogP contribution in [0.1, 0.15) is 33.1 Å². The van der Waals surface area contributed by atoms with Gasteiger partial charge in [-0.25, -0.2) is 0 Å². The minimum absolute atomic E-state index is 0.318. The fourth-order valence-corrected chi connectivity index (χ4v) is 5.77. The zero-order valence-corrected chi connectivity index (χ0v) is 13.2. The van der Waals surface area contributed by atoms with E-state index in [0.29, 0.717) is 5.78 Å². The molecule has 0 saturated heterocycles. The van der Waals surface area contributed by atoms with Crippen molar-refractivity contribution in [3.8, 4) is 0 Å². The minimum Gasteiger partial charge on any atom is -0.300 e. The average Bonchev–Trinajstić information content (AvgIpc) is 2.36. The summed E-state index contributed by atoms with van der Waals surface area (Å²) < 4.78 is 0. The summed E-state index contributed by atoms with van der Waals surface area (Å²) >= 11 is 0. The van der Waals surface area contributed by atoms with Crippen molar-refractivity contribution in [3.63, 3.8) is 0 Å². The first-order valence-corrected chi connectivity index (χ1v) is 10.4. The Balaban J connectivity index is 2.74. The van der Waals surface area contributed by atoms with Crippen LogP contribution < -0.4 is 0 Å². The number of hydrogen-bond acceptors (Lipinski definition) is 1. The second-order valence-electron chi connectivity index (χ2n) is 6.23. The third kappa shape index (κ3) is 3.88. The van der Waals surface area contributed by atoms with Gasteiger partial charge in [0.2, 0.25) is 0 Å². The maximum Gasteiger partial charge on any atom is 0.129 e. The highest BCUT2D eigenvalue weighted by Crippen LogP contribution is 2.69. The van der Waals surface area contributed by atoms with E-state index in [1.807, 2.05) is 0 Å². The molecule has 104 valence electrons. The molecule has 0 bridgehead atoms. The van der Waals surface area contributed by atoms with Crippen molar-refractivity contribution in [2.75, 3.05) is 24.0 Å². The highest BCUT2D eigenvalue weighted by molar-refractivity contribution is 8.48. The Bertz CT molecular complexity index is 395. The predicted octanol–water partition coefficient (Wildman–Crippen LogP) is 4.16. The number of unbranched alkanes of at least 4 members (excludes halogenated alkanes) is 1. The summed E-state index contributed by atoms with van der Waals surface area (Å²) in [7, 11) is -1.76. The molecule has 18 heavy (non-hydrogen) atoms. The molecule has 0 aliphatic carbocycles. The smallest absolute Gasteiger partial charge is 0.129 e. The first kappa shape index (κ1) is 15.3. The summed E-state index contributed by atoms with van der Waals surface area (Å²) in [4.78, 5) is 12.5. The van der Waals surface area contributed by atoms with Crippen molar-refractivity contribution in [3.05, 3.63) is 30.3 Å². The number of Topliss-reactive ketones (excluding diaryl/α,β-unsaturated/α-hetero) is 1. The zero-order chi connectivity index (χ0) is 13.7. The highest BCUT2D eigenvalue weighted by Gasteiger charge is 2.30. The van der Waals surface area contributed by atoms with Crippen LogP contribution in [0.3, 0.4) is 0 Å². The molecule has 0 aromatic heterocycles. The number of carbonyl (C=O) groups is 1. The third-order valence-corrected chi connectivity index (χ3v) is 10.1. The summed E-state index contributed by atoms with van der Waals surface area (Å²) in [5.74, 6) is 2.83. The average molecular weight is 268 g/mol. The highest BCUT2D eigenvalue weighted by atomic mass is 32.3. The fraction of sp³-hybridized carbons (Fsp3) is 0.562. The molecule has 1 aromatic carbocycles. The van der Waals surface area contributed by atoms with Gasteiger partial charge >= 0.3 is 0 Å². The first-order valence-electron chi connectivity index (χ1n) is 6.93. The van der Waals surface area contributed by atoms with E-state index in [4.69, 9.17) is 0 Å². The van der Waals surface area contributed by atoms with Gasteiger partial charge in [-0.1, -0.05) is 37.3 Å². The lowest BCUT2D eigenvalue weighted by Gasteiger charge is -2.55. The molecular weight excluding hydrogens is 240 g/mol. The van der Waals surface area contributed by atoms with Gasteiger partial charge in [-0.2, -0.15) is 0 Å². The van der Waals surface area contributed by atoms with E-state index in [-0.39, 0.29) is 0 Å². The number of hydrogen-bond donors (Lipinski definition) is 1. The second-order valence-corrected chi connectivity index (χ2v) is 13.2. The number of carbonyl (C=O) groups excluding carboxylic acids is 1. The summed E-state index contributed by atoms with van der Waals surface area (Å²) in [6.45, 7) is 4.00. The van der Waals surface area contributed by atoms with Crippen molar-refractivity contribution in [2.45, 2.75) is 38.0 Å². The monoisotopic (exact) mass is 268 g/mol. The number of rotatable bonds is 7. The van der Waals surface area contributed by atoms with Crippen molar-refractivity contribution < 1.29 is 4.79 Å². The first-order chi connectivity index (χ1) is 8.37. The van der Waals surface area contributed by atoms with Gasteiger partial charge in [0.25, 0.3) is 0 Å². The quantitative estimate of drug-likeness (QED) is 0.580. The van der Waals surface area contributed by atoms with Crippen LogP contribution in [-0.4, -0.2) is 29.8 Å². The summed E-state index contributed by atoms with van der Waals surface area (Å²) in [5.41, 5.74) is 0. The van der Waals surface area contributed by atoms with E-state index in [9.17, 15) is 4.79 Å². The molecule has 0 aliphatic rings. The van der Waals surface area contributed by atoms with E-state index >= 15 is 0 Å². The van der Waals surface area contributed by atoms with Crippen LogP contribution in [-0.2, 0) is 4.79 Å². The van der Waals surface area contributed by atoms with Gasteiger partial charge in [-0.15, -0.1) is 0 Å². The van der Waals surface area contributed by atoms with Gasteiger partial charge in [-0.3, -0.25) is 9.16 Å². The molecule has 0 heterocycles. The SMILES string of the molecule is CC[SH](C)(C)(CCCCC(C)=O)c1ccccc1.